The van der Waals surface area contributed by atoms with Gasteiger partial charge in [-0.1, -0.05) is 12.8 Å². The molecule has 2 saturated heterocycles. The van der Waals surface area contributed by atoms with Crippen molar-refractivity contribution in [1.82, 2.24) is 14.8 Å². The van der Waals surface area contributed by atoms with Crippen LogP contribution < -0.4 is 5.73 Å². The van der Waals surface area contributed by atoms with Crippen LogP contribution in [0, 0.1) is 17.2 Å². The first kappa shape index (κ1) is 19.3. The van der Waals surface area contributed by atoms with Gasteiger partial charge in [0.25, 0.3) is 5.91 Å². The Morgan fingerprint density at radius 3 is 2.32 bits per heavy atom. The molecule has 0 atom stereocenters. The fourth-order valence-corrected chi connectivity index (χ4v) is 4.84. The number of likely N-dealkylation sites (tertiary alicyclic amines) is 2. The number of amides is 2. The Labute approximate surface area is 165 Å². The molecule has 1 saturated carbocycles. The lowest BCUT2D eigenvalue weighted by Gasteiger charge is -2.45. The van der Waals surface area contributed by atoms with E-state index >= 15 is 0 Å². The summed E-state index contributed by atoms with van der Waals surface area (Å²) in [5, 5.41) is 0. The summed E-state index contributed by atoms with van der Waals surface area (Å²) >= 11 is 0. The fraction of sp³-hybridized carbons (Fsp3) is 0.667. The van der Waals surface area contributed by atoms with Crippen LogP contribution in [0.5, 0.6) is 0 Å². The molecule has 0 unspecified atom stereocenters. The Kier molecular flexibility index (Phi) is 5.36. The number of rotatable bonds is 5. The third-order valence-electron chi connectivity index (χ3n) is 6.87. The summed E-state index contributed by atoms with van der Waals surface area (Å²) in [5.41, 5.74) is 5.78. The summed E-state index contributed by atoms with van der Waals surface area (Å²) in [6.45, 7) is 3.19. The van der Waals surface area contributed by atoms with Crippen LogP contribution in [0.25, 0.3) is 0 Å². The molecule has 0 aromatic carbocycles. The lowest BCUT2D eigenvalue weighted by atomic mass is 9.73. The minimum Gasteiger partial charge on any atom is -0.369 e. The van der Waals surface area contributed by atoms with Crippen LogP contribution in [0.15, 0.2) is 18.3 Å². The van der Waals surface area contributed by atoms with Crippen molar-refractivity contribution in [1.29, 1.82) is 0 Å². The smallest absolute Gasteiger partial charge is 0.272 e. The second-order valence-corrected chi connectivity index (χ2v) is 8.71. The van der Waals surface area contributed by atoms with Crippen LogP contribution in [0.2, 0.25) is 0 Å². The molecule has 2 N–H and O–H groups in total. The molecule has 0 radical (unpaired) electrons. The predicted octanol–water partition coefficient (Wildman–Crippen LogP) is 2.19. The Balaban J connectivity index is 1.29. The number of carbonyl (C=O) groups excluding carboxylic acids is 2. The number of halogens is 1. The average Bonchev–Trinajstić information content (AvgIpc) is 3.52. The molecular formula is C21H29FN4O2. The molecule has 7 heteroatoms. The van der Waals surface area contributed by atoms with Crippen molar-refractivity contribution in [2.75, 3.05) is 26.2 Å². The van der Waals surface area contributed by atoms with Gasteiger partial charge in [-0.05, 0) is 63.2 Å². The SMILES string of the molecule is NC(=O)C1(CC2CC2)CCN(C2CCN(C(=O)c3ccc(F)cn3)CC2)CC1. The number of nitrogens with zero attached hydrogens (tertiary/aromatic N) is 3. The maximum atomic E-state index is 13.0. The Bertz CT molecular complexity index is 718. The van der Waals surface area contributed by atoms with Crippen molar-refractivity contribution >= 4 is 11.8 Å². The number of piperidine rings is 2. The average molecular weight is 388 g/mol. The monoisotopic (exact) mass is 388 g/mol. The predicted molar refractivity (Wildman–Crippen MR) is 103 cm³/mol. The number of hydrogen-bond acceptors (Lipinski definition) is 4. The van der Waals surface area contributed by atoms with Crippen molar-refractivity contribution in [3.05, 3.63) is 29.8 Å². The Morgan fingerprint density at radius 2 is 1.79 bits per heavy atom. The zero-order chi connectivity index (χ0) is 19.7. The molecule has 6 nitrogen and oxygen atoms in total. The molecule has 1 aromatic rings. The van der Waals surface area contributed by atoms with Gasteiger partial charge in [0.15, 0.2) is 0 Å². The van der Waals surface area contributed by atoms with Gasteiger partial charge in [0.2, 0.25) is 5.91 Å². The minimum absolute atomic E-state index is 0.119. The number of hydrogen-bond donors (Lipinski definition) is 1. The van der Waals surface area contributed by atoms with E-state index in [9.17, 15) is 14.0 Å². The quantitative estimate of drug-likeness (QED) is 0.839. The number of nitrogens with two attached hydrogens (primary N) is 1. The molecule has 28 heavy (non-hydrogen) atoms. The molecule has 152 valence electrons. The van der Waals surface area contributed by atoms with Gasteiger partial charge >= 0.3 is 0 Å². The van der Waals surface area contributed by atoms with Gasteiger partial charge in [0, 0.05) is 19.1 Å². The van der Waals surface area contributed by atoms with Gasteiger partial charge in [-0.25, -0.2) is 9.37 Å². The van der Waals surface area contributed by atoms with Gasteiger partial charge in [-0.15, -0.1) is 0 Å². The van der Waals surface area contributed by atoms with Gasteiger partial charge < -0.3 is 15.5 Å². The Hall–Kier alpha value is -2.02. The van der Waals surface area contributed by atoms with Crippen molar-refractivity contribution < 1.29 is 14.0 Å². The second-order valence-electron chi connectivity index (χ2n) is 8.71. The number of primary amides is 1. The maximum Gasteiger partial charge on any atom is 0.272 e. The van der Waals surface area contributed by atoms with Gasteiger partial charge in [0.05, 0.1) is 11.6 Å². The summed E-state index contributed by atoms with van der Waals surface area (Å²) in [6.07, 6.45) is 8.09. The van der Waals surface area contributed by atoms with Gasteiger partial charge in [0.1, 0.15) is 11.5 Å². The second kappa shape index (κ2) is 7.78. The minimum atomic E-state index is -0.436. The molecule has 2 aliphatic heterocycles. The van der Waals surface area contributed by atoms with Crippen LogP contribution in [0.3, 0.4) is 0 Å². The van der Waals surface area contributed by atoms with E-state index in [1.54, 1.807) is 0 Å². The van der Waals surface area contributed by atoms with E-state index in [2.05, 4.69) is 9.88 Å². The van der Waals surface area contributed by atoms with Crippen molar-refractivity contribution in [3.8, 4) is 0 Å². The summed E-state index contributed by atoms with van der Waals surface area (Å²) in [4.78, 5) is 32.9. The molecular weight excluding hydrogens is 359 g/mol. The van der Waals surface area contributed by atoms with Crippen molar-refractivity contribution in [2.24, 2.45) is 17.1 Å². The van der Waals surface area contributed by atoms with Crippen LogP contribution in [-0.4, -0.2) is 58.8 Å². The van der Waals surface area contributed by atoms with Crippen LogP contribution in [0.4, 0.5) is 4.39 Å². The highest BCUT2D eigenvalue weighted by atomic mass is 19.1. The molecule has 2 amide bonds. The molecule has 3 fully saturated rings. The third-order valence-corrected chi connectivity index (χ3v) is 6.87. The topological polar surface area (TPSA) is 79.5 Å². The number of pyridine rings is 1. The van der Waals surface area contributed by atoms with Gasteiger partial charge in [-0.3, -0.25) is 9.59 Å². The zero-order valence-corrected chi connectivity index (χ0v) is 16.3. The van der Waals surface area contributed by atoms with E-state index < -0.39 is 5.82 Å². The van der Waals surface area contributed by atoms with E-state index in [0.29, 0.717) is 30.7 Å². The van der Waals surface area contributed by atoms with Crippen LogP contribution in [-0.2, 0) is 4.79 Å². The van der Waals surface area contributed by atoms with E-state index in [1.807, 2.05) is 4.90 Å². The fourth-order valence-electron chi connectivity index (χ4n) is 4.84. The summed E-state index contributed by atoms with van der Waals surface area (Å²) < 4.78 is 13.0. The molecule has 1 aliphatic carbocycles. The van der Waals surface area contributed by atoms with Crippen LogP contribution >= 0.6 is 0 Å². The number of aromatic nitrogens is 1. The first-order valence-corrected chi connectivity index (χ1v) is 10.4. The molecule has 0 bridgehead atoms. The lowest BCUT2D eigenvalue weighted by molar-refractivity contribution is -0.132. The molecule has 3 heterocycles. The molecule has 3 aliphatic rings. The van der Waals surface area contributed by atoms with E-state index in [0.717, 1.165) is 51.4 Å². The lowest BCUT2D eigenvalue weighted by Crippen LogP contribution is -2.53. The van der Waals surface area contributed by atoms with Gasteiger partial charge in [-0.2, -0.15) is 0 Å². The zero-order valence-electron chi connectivity index (χ0n) is 16.3. The summed E-state index contributed by atoms with van der Waals surface area (Å²) in [5.74, 6) is 0.0167. The first-order valence-electron chi connectivity index (χ1n) is 10.4. The Morgan fingerprint density at radius 1 is 1.11 bits per heavy atom. The first-order chi connectivity index (χ1) is 13.5. The van der Waals surface area contributed by atoms with E-state index in [1.165, 1.54) is 25.0 Å². The van der Waals surface area contributed by atoms with Crippen molar-refractivity contribution in [3.63, 3.8) is 0 Å². The maximum absolute atomic E-state index is 13.0. The normalized spacial score (nSPS) is 23.5. The summed E-state index contributed by atoms with van der Waals surface area (Å²) in [7, 11) is 0. The standard InChI is InChI=1S/C21H29FN4O2/c22-16-3-4-18(24-14-16)19(27)26-9-5-17(6-10-26)25-11-7-21(8-12-25,20(23)28)13-15-1-2-15/h3-4,14-15,17H,1-2,5-13H2,(H2,23,28). The highest BCUT2D eigenvalue weighted by Crippen LogP contribution is 2.46. The summed E-state index contributed by atoms with van der Waals surface area (Å²) in [6, 6.07) is 3.16. The highest BCUT2D eigenvalue weighted by molar-refractivity contribution is 5.92. The van der Waals surface area contributed by atoms with Crippen LogP contribution in [0.1, 0.15) is 55.4 Å². The van der Waals surface area contributed by atoms with E-state index in [4.69, 9.17) is 5.73 Å². The molecule has 4 rings (SSSR count). The molecule has 0 spiro atoms. The highest BCUT2D eigenvalue weighted by Gasteiger charge is 2.44. The molecule has 1 aromatic heterocycles. The van der Waals surface area contributed by atoms with E-state index in [-0.39, 0.29) is 17.2 Å². The third kappa shape index (κ3) is 4.04. The largest absolute Gasteiger partial charge is 0.369 e. The number of carbonyl (C=O) groups is 2. The van der Waals surface area contributed by atoms with Crippen molar-refractivity contribution in [2.45, 2.75) is 51.0 Å².